The van der Waals surface area contributed by atoms with Gasteiger partial charge in [-0.05, 0) is 26.3 Å². The summed E-state index contributed by atoms with van der Waals surface area (Å²) in [5, 5.41) is 0.540. The third-order valence-electron chi connectivity index (χ3n) is 4.41. The Hall–Kier alpha value is -2.39. The molecule has 3 heterocycles. The SMILES string of the molecule is COCCn1c(=O)n(C(C)C)c(=O)c2c(C)c(Cn3cc[nH]c3=O)sc21. The van der Waals surface area contributed by atoms with E-state index in [-0.39, 0.29) is 23.0 Å². The summed E-state index contributed by atoms with van der Waals surface area (Å²) in [6.45, 7) is 6.59. The van der Waals surface area contributed by atoms with Crippen LogP contribution in [0.1, 0.15) is 30.3 Å². The van der Waals surface area contributed by atoms with E-state index in [1.54, 1.807) is 24.1 Å². The van der Waals surface area contributed by atoms with E-state index < -0.39 is 0 Å². The van der Waals surface area contributed by atoms with Crippen molar-refractivity contribution in [1.82, 2.24) is 18.7 Å². The highest BCUT2D eigenvalue weighted by atomic mass is 32.1. The number of hydrogen-bond donors (Lipinski definition) is 1. The zero-order valence-corrected chi connectivity index (χ0v) is 16.1. The maximum Gasteiger partial charge on any atom is 0.332 e. The Labute approximate surface area is 153 Å². The van der Waals surface area contributed by atoms with Gasteiger partial charge in [0.15, 0.2) is 0 Å². The molecule has 0 aromatic carbocycles. The first-order valence-electron chi connectivity index (χ1n) is 8.36. The van der Waals surface area contributed by atoms with Crippen LogP contribution in [-0.4, -0.2) is 32.4 Å². The molecule has 0 saturated carbocycles. The minimum absolute atomic E-state index is 0.210. The number of fused-ring (bicyclic) bond motifs is 1. The Kier molecular flexibility index (Phi) is 5.01. The van der Waals surface area contributed by atoms with Gasteiger partial charge in [0, 0.05) is 30.4 Å². The first-order valence-corrected chi connectivity index (χ1v) is 9.18. The van der Waals surface area contributed by atoms with Gasteiger partial charge in [-0.2, -0.15) is 0 Å². The molecule has 3 aromatic heterocycles. The molecule has 8 nitrogen and oxygen atoms in total. The molecule has 3 aromatic rings. The fraction of sp³-hybridized carbons (Fsp3) is 0.471. The molecule has 0 spiro atoms. The van der Waals surface area contributed by atoms with Crippen molar-refractivity contribution in [2.24, 2.45) is 0 Å². The summed E-state index contributed by atoms with van der Waals surface area (Å²) in [5.74, 6) is 0. The van der Waals surface area contributed by atoms with Crippen LogP contribution in [-0.2, 0) is 17.8 Å². The number of hydrogen-bond acceptors (Lipinski definition) is 5. The summed E-state index contributed by atoms with van der Waals surface area (Å²) in [7, 11) is 1.57. The third kappa shape index (κ3) is 2.97. The van der Waals surface area contributed by atoms with Gasteiger partial charge in [-0.3, -0.25) is 18.5 Å². The summed E-state index contributed by atoms with van der Waals surface area (Å²) in [5.41, 5.74) is -0.0156. The van der Waals surface area contributed by atoms with Gasteiger partial charge < -0.3 is 9.72 Å². The smallest absolute Gasteiger partial charge is 0.332 e. The molecule has 26 heavy (non-hydrogen) atoms. The molecule has 9 heteroatoms. The summed E-state index contributed by atoms with van der Waals surface area (Å²) in [6.07, 6.45) is 3.24. The van der Waals surface area contributed by atoms with Gasteiger partial charge >= 0.3 is 11.4 Å². The average molecular weight is 378 g/mol. The Bertz CT molecular complexity index is 1110. The van der Waals surface area contributed by atoms with E-state index in [4.69, 9.17) is 4.74 Å². The van der Waals surface area contributed by atoms with Crippen molar-refractivity contribution in [2.75, 3.05) is 13.7 Å². The molecule has 0 amide bonds. The Morgan fingerprint density at radius 2 is 2.00 bits per heavy atom. The van der Waals surface area contributed by atoms with Crippen molar-refractivity contribution in [3.05, 3.63) is 54.2 Å². The lowest BCUT2D eigenvalue weighted by atomic mass is 10.2. The summed E-state index contributed by atoms with van der Waals surface area (Å²) in [6, 6.07) is -0.247. The fourth-order valence-electron chi connectivity index (χ4n) is 3.02. The molecule has 0 aliphatic rings. The van der Waals surface area contributed by atoms with Crippen LogP contribution in [0.3, 0.4) is 0 Å². The van der Waals surface area contributed by atoms with Crippen molar-refractivity contribution >= 4 is 21.6 Å². The number of ether oxygens (including phenoxy) is 1. The maximum atomic E-state index is 13.0. The Balaban J connectivity index is 2.29. The quantitative estimate of drug-likeness (QED) is 0.700. The van der Waals surface area contributed by atoms with E-state index in [1.165, 1.54) is 20.5 Å². The second kappa shape index (κ2) is 7.08. The molecule has 0 saturated heterocycles. The van der Waals surface area contributed by atoms with E-state index in [2.05, 4.69) is 4.98 Å². The molecule has 0 unspecified atom stereocenters. The van der Waals surface area contributed by atoms with Crippen LogP contribution in [0.15, 0.2) is 26.8 Å². The van der Waals surface area contributed by atoms with Gasteiger partial charge in [0.1, 0.15) is 4.83 Å². The molecule has 0 fully saturated rings. The van der Waals surface area contributed by atoms with Gasteiger partial charge in [-0.1, -0.05) is 0 Å². The number of aromatic amines is 1. The van der Waals surface area contributed by atoms with Crippen LogP contribution >= 0.6 is 11.3 Å². The number of methoxy groups -OCH3 is 1. The normalized spacial score (nSPS) is 11.7. The standard InChI is InChI=1S/C17H22N4O4S/c1-10(2)21-14(22)13-11(3)12(9-19-6-5-18-16(19)23)26-15(13)20(17(21)24)7-8-25-4/h5-6,10H,7-9H2,1-4H3,(H,18,23). The van der Waals surface area contributed by atoms with Crippen molar-refractivity contribution < 1.29 is 4.74 Å². The second-order valence-corrected chi connectivity index (χ2v) is 7.50. The average Bonchev–Trinajstić information content (AvgIpc) is 3.12. The van der Waals surface area contributed by atoms with Gasteiger partial charge in [0.2, 0.25) is 0 Å². The molecular weight excluding hydrogens is 356 g/mol. The lowest BCUT2D eigenvalue weighted by Gasteiger charge is -2.14. The zero-order chi connectivity index (χ0) is 19.0. The van der Waals surface area contributed by atoms with Gasteiger partial charge in [0.05, 0.1) is 25.1 Å². The predicted octanol–water partition coefficient (Wildman–Crippen LogP) is 1.30. The predicted molar refractivity (Wildman–Crippen MR) is 101 cm³/mol. The molecule has 140 valence electrons. The molecule has 1 N–H and O–H groups in total. The van der Waals surface area contributed by atoms with Crippen molar-refractivity contribution in [1.29, 1.82) is 0 Å². The van der Waals surface area contributed by atoms with E-state index in [0.29, 0.717) is 29.9 Å². The van der Waals surface area contributed by atoms with Crippen LogP contribution in [0.4, 0.5) is 0 Å². The van der Waals surface area contributed by atoms with Crippen LogP contribution < -0.4 is 16.9 Å². The molecule has 0 aliphatic carbocycles. The van der Waals surface area contributed by atoms with Crippen LogP contribution in [0, 0.1) is 6.92 Å². The summed E-state index contributed by atoms with van der Waals surface area (Å²) >= 11 is 1.38. The van der Waals surface area contributed by atoms with E-state index >= 15 is 0 Å². The van der Waals surface area contributed by atoms with Crippen molar-refractivity contribution in [3.8, 4) is 0 Å². The first-order chi connectivity index (χ1) is 12.4. The monoisotopic (exact) mass is 378 g/mol. The largest absolute Gasteiger partial charge is 0.383 e. The van der Waals surface area contributed by atoms with Crippen LogP contribution in [0.5, 0.6) is 0 Å². The number of aryl methyl sites for hydroxylation is 1. The van der Waals surface area contributed by atoms with Crippen molar-refractivity contribution in [2.45, 2.75) is 39.9 Å². The minimum atomic E-state index is -0.332. The molecule has 0 bridgehead atoms. The van der Waals surface area contributed by atoms with Gasteiger partial charge in [0.25, 0.3) is 5.56 Å². The molecular formula is C17H22N4O4S. The highest BCUT2D eigenvalue weighted by Gasteiger charge is 2.21. The highest BCUT2D eigenvalue weighted by Crippen LogP contribution is 2.28. The number of nitrogens with zero attached hydrogens (tertiary/aromatic N) is 3. The van der Waals surface area contributed by atoms with E-state index in [1.807, 2.05) is 20.8 Å². The highest BCUT2D eigenvalue weighted by molar-refractivity contribution is 7.18. The molecule has 3 rings (SSSR count). The zero-order valence-electron chi connectivity index (χ0n) is 15.2. The summed E-state index contributed by atoms with van der Waals surface area (Å²) in [4.78, 5) is 41.7. The van der Waals surface area contributed by atoms with Gasteiger partial charge in [-0.25, -0.2) is 9.59 Å². The number of nitrogens with one attached hydrogen (secondary N) is 1. The third-order valence-corrected chi connectivity index (χ3v) is 5.71. The first kappa shape index (κ1) is 18.4. The molecule has 0 aliphatic heterocycles. The molecule has 0 radical (unpaired) electrons. The number of H-pyrrole nitrogens is 1. The minimum Gasteiger partial charge on any atom is -0.383 e. The van der Waals surface area contributed by atoms with Crippen LogP contribution in [0.2, 0.25) is 0 Å². The topological polar surface area (TPSA) is 91.0 Å². The van der Waals surface area contributed by atoms with Gasteiger partial charge in [-0.15, -0.1) is 11.3 Å². The lowest BCUT2D eigenvalue weighted by molar-refractivity contribution is 0.186. The Morgan fingerprint density at radius 1 is 1.27 bits per heavy atom. The van der Waals surface area contributed by atoms with E-state index in [0.717, 1.165) is 10.4 Å². The number of aromatic nitrogens is 4. The fourth-order valence-corrected chi connectivity index (χ4v) is 4.34. The summed E-state index contributed by atoms with van der Waals surface area (Å²) < 4.78 is 9.54. The molecule has 0 atom stereocenters. The lowest BCUT2D eigenvalue weighted by Crippen LogP contribution is -2.41. The van der Waals surface area contributed by atoms with E-state index in [9.17, 15) is 14.4 Å². The number of imidazole rings is 1. The van der Waals surface area contributed by atoms with Crippen LogP contribution in [0.25, 0.3) is 10.2 Å². The second-order valence-electron chi connectivity index (χ2n) is 6.42. The maximum absolute atomic E-state index is 13.0. The number of thiophene rings is 1. The van der Waals surface area contributed by atoms with Crippen molar-refractivity contribution in [3.63, 3.8) is 0 Å². The number of rotatable bonds is 6. The Morgan fingerprint density at radius 3 is 2.58 bits per heavy atom.